The average Bonchev–Trinajstić information content (AvgIpc) is 3.30. The molecule has 0 bridgehead atoms. The van der Waals surface area contributed by atoms with Crippen LogP contribution in [0.5, 0.6) is 0 Å². The van der Waals surface area contributed by atoms with Crippen LogP contribution in [-0.4, -0.2) is 36.0 Å². The van der Waals surface area contributed by atoms with Crippen LogP contribution in [0.2, 0.25) is 0 Å². The van der Waals surface area contributed by atoms with Gasteiger partial charge in [-0.3, -0.25) is 9.78 Å². The summed E-state index contributed by atoms with van der Waals surface area (Å²) in [7, 11) is 0. The SMILES string of the molecule is CCC(C)(C(=O)O)n1cc2c(N)nc3cc(-c4ccn[nH]4)ccc3c2n1. The third kappa shape index (κ3) is 2.22. The van der Waals surface area contributed by atoms with Crippen molar-refractivity contribution in [2.45, 2.75) is 25.8 Å². The summed E-state index contributed by atoms with van der Waals surface area (Å²) in [6, 6.07) is 7.65. The van der Waals surface area contributed by atoms with Crippen LogP contribution in [0.25, 0.3) is 33.1 Å². The molecule has 0 aliphatic rings. The zero-order chi connectivity index (χ0) is 18.5. The first-order valence-corrected chi connectivity index (χ1v) is 8.26. The largest absolute Gasteiger partial charge is 0.479 e. The lowest BCUT2D eigenvalue weighted by atomic mass is 10.00. The number of anilines is 1. The molecule has 1 atom stereocenters. The molecule has 8 heteroatoms. The van der Waals surface area contributed by atoms with Crippen molar-refractivity contribution in [3.8, 4) is 11.3 Å². The first-order valence-electron chi connectivity index (χ1n) is 8.26. The summed E-state index contributed by atoms with van der Waals surface area (Å²) in [4.78, 5) is 16.2. The van der Waals surface area contributed by atoms with Crippen molar-refractivity contribution in [1.82, 2.24) is 25.0 Å². The van der Waals surface area contributed by atoms with Crippen molar-refractivity contribution < 1.29 is 9.90 Å². The molecular weight excluding hydrogens is 332 g/mol. The molecule has 0 spiro atoms. The van der Waals surface area contributed by atoms with Gasteiger partial charge in [0.1, 0.15) is 11.3 Å². The van der Waals surface area contributed by atoms with Crippen molar-refractivity contribution in [2.24, 2.45) is 0 Å². The number of aliphatic carboxylic acids is 1. The van der Waals surface area contributed by atoms with Crippen LogP contribution in [0.15, 0.2) is 36.7 Å². The Morgan fingerprint density at radius 2 is 2.15 bits per heavy atom. The van der Waals surface area contributed by atoms with E-state index >= 15 is 0 Å². The Balaban J connectivity index is 1.96. The van der Waals surface area contributed by atoms with Gasteiger partial charge in [-0.25, -0.2) is 9.78 Å². The minimum atomic E-state index is -1.15. The summed E-state index contributed by atoms with van der Waals surface area (Å²) in [5.41, 5.74) is 8.14. The fourth-order valence-electron chi connectivity index (χ4n) is 3.02. The number of carbonyl (C=O) groups is 1. The summed E-state index contributed by atoms with van der Waals surface area (Å²) in [6.45, 7) is 3.46. The predicted molar refractivity (Wildman–Crippen MR) is 98.6 cm³/mol. The van der Waals surface area contributed by atoms with Crippen LogP contribution in [0, 0.1) is 0 Å². The van der Waals surface area contributed by atoms with Gasteiger partial charge in [0.25, 0.3) is 0 Å². The minimum absolute atomic E-state index is 0.323. The van der Waals surface area contributed by atoms with E-state index in [0.29, 0.717) is 28.7 Å². The number of nitrogens with one attached hydrogen (secondary N) is 1. The summed E-state index contributed by atoms with van der Waals surface area (Å²) in [5, 5.41) is 22.5. The maximum absolute atomic E-state index is 11.7. The molecule has 0 amide bonds. The Hall–Kier alpha value is -3.42. The smallest absolute Gasteiger partial charge is 0.331 e. The predicted octanol–water partition coefficient (Wildman–Crippen LogP) is 2.77. The van der Waals surface area contributed by atoms with Crippen molar-refractivity contribution >= 4 is 33.6 Å². The highest BCUT2D eigenvalue weighted by Gasteiger charge is 2.34. The lowest BCUT2D eigenvalue weighted by Crippen LogP contribution is -2.38. The third-order valence-electron chi connectivity index (χ3n) is 4.95. The molecule has 26 heavy (non-hydrogen) atoms. The molecule has 3 aromatic heterocycles. The van der Waals surface area contributed by atoms with Crippen LogP contribution in [0.1, 0.15) is 20.3 Å². The Labute approximate surface area is 148 Å². The van der Waals surface area contributed by atoms with Crippen LogP contribution >= 0.6 is 0 Å². The summed E-state index contributed by atoms with van der Waals surface area (Å²) in [6.07, 6.45) is 3.74. The fraction of sp³-hybridized carbons (Fsp3) is 0.222. The van der Waals surface area contributed by atoms with Gasteiger partial charge in [-0.2, -0.15) is 10.2 Å². The second kappa shape index (κ2) is 5.55. The number of nitrogens with zero attached hydrogens (tertiary/aromatic N) is 4. The number of carboxylic acid groups (broad SMARTS) is 1. The number of H-pyrrole nitrogens is 1. The molecule has 4 rings (SSSR count). The van der Waals surface area contributed by atoms with Gasteiger partial charge < -0.3 is 10.8 Å². The molecule has 0 aliphatic heterocycles. The number of nitrogens with two attached hydrogens (primary N) is 1. The maximum atomic E-state index is 11.7. The maximum Gasteiger partial charge on any atom is 0.331 e. The van der Waals surface area contributed by atoms with E-state index in [2.05, 4.69) is 20.3 Å². The molecule has 0 aliphatic carbocycles. The minimum Gasteiger partial charge on any atom is -0.479 e. The number of fused-ring (bicyclic) bond motifs is 3. The second-order valence-corrected chi connectivity index (χ2v) is 6.47. The first-order chi connectivity index (χ1) is 12.4. The van der Waals surface area contributed by atoms with E-state index in [0.717, 1.165) is 16.6 Å². The van der Waals surface area contributed by atoms with E-state index in [4.69, 9.17) is 5.73 Å². The highest BCUT2D eigenvalue weighted by atomic mass is 16.4. The molecular formula is C18H18N6O2. The van der Waals surface area contributed by atoms with Gasteiger partial charge in [0, 0.05) is 23.3 Å². The summed E-state index contributed by atoms with van der Waals surface area (Å²) >= 11 is 0. The highest BCUT2D eigenvalue weighted by Crippen LogP contribution is 2.32. The van der Waals surface area contributed by atoms with E-state index in [1.165, 1.54) is 4.68 Å². The van der Waals surface area contributed by atoms with Gasteiger partial charge in [0.05, 0.1) is 16.6 Å². The standard InChI is InChI=1S/C18H18N6O2/c1-3-18(2,17(25)26)24-9-12-15(23-24)11-5-4-10(13-6-7-20-22-13)8-14(11)21-16(12)19/h4-9H,3H2,1-2H3,(H2,19,21)(H,20,22)(H,25,26). The molecule has 1 unspecified atom stereocenters. The number of pyridine rings is 1. The van der Waals surface area contributed by atoms with Gasteiger partial charge in [0.2, 0.25) is 0 Å². The van der Waals surface area contributed by atoms with Gasteiger partial charge in [0.15, 0.2) is 5.54 Å². The Morgan fingerprint density at radius 1 is 1.35 bits per heavy atom. The van der Waals surface area contributed by atoms with Crippen LogP contribution in [-0.2, 0) is 10.3 Å². The van der Waals surface area contributed by atoms with Gasteiger partial charge in [-0.15, -0.1) is 0 Å². The molecule has 0 saturated carbocycles. The molecule has 8 nitrogen and oxygen atoms in total. The van der Waals surface area contributed by atoms with E-state index < -0.39 is 11.5 Å². The van der Waals surface area contributed by atoms with Gasteiger partial charge >= 0.3 is 5.97 Å². The van der Waals surface area contributed by atoms with Crippen molar-refractivity contribution in [3.05, 3.63) is 36.7 Å². The average molecular weight is 350 g/mol. The molecule has 132 valence electrons. The molecule has 0 fully saturated rings. The molecule has 4 aromatic rings. The number of rotatable bonds is 4. The number of hydrogen-bond acceptors (Lipinski definition) is 5. The van der Waals surface area contributed by atoms with Crippen LogP contribution in [0.3, 0.4) is 0 Å². The third-order valence-corrected chi connectivity index (χ3v) is 4.95. The Morgan fingerprint density at radius 3 is 2.81 bits per heavy atom. The van der Waals surface area contributed by atoms with Crippen molar-refractivity contribution in [3.63, 3.8) is 0 Å². The Bertz CT molecular complexity index is 1130. The second-order valence-electron chi connectivity index (χ2n) is 6.47. The van der Waals surface area contributed by atoms with Crippen molar-refractivity contribution in [2.75, 3.05) is 5.73 Å². The quantitative estimate of drug-likeness (QED) is 0.520. The zero-order valence-corrected chi connectivity index (χ0v) is 14.4. The molecule has 0 radical (unpaired) electrons. The Kier molecular flexibility index (Phi) is 3.43. The number of carboxylic acids is 1. The number of hydrogen-bond donors (Lipinski definition) is 3. The lowest BCUT2D eigenvalue weighted by molar-refractivity contribution is -0.147. The van der Waals surface area contributed by atoms with Crippen LogP contribution in [0.4, 0.5) is 5.82 Å². The lowest BCUT2D eigenvalue weighted by Gasteiger charge is -2.23. The molecule has 3 heterocycles. The number of nitrogen functional groups attached to an aromatic ring is 1. The van der Waals surface area contributed by atoms with Gasteiger partial charge in [-0.05, 0) is 31.5 Å². The highest BCUT2D eigenvalue weighted by molar-refractivity contribution is 6.08. The molecule has 0 saturated heterocycles. The number of aromatic nitrogens is 5. The van der Waals surface area contributed by atoms with E-state index in [-0.39, 0.29) is 0 Å². The fourth-order valence-corrected chi connectivity index (χ4v) is 3.02. The van der Waals surface area contributed by atoms with E-state index in [1.807, 2.05) is 31.2 Å². The van der Waals surface area contributed by atoms with Gasteiger partial charge in [-0.1, -0.05) is 13.0 Å². The number of benzene rings is 1. The van der Waals surface area contributed by atoms with E-state index in [1.54, 1.807) is 19.3 Å². The molecule has 4 N–H and O–H groups in total. The zero-order valence-electron chi connectivity index (χ0n) is 14.4. The monoisotopic (exact) mass is 350 g/mol. The van der Waals surface area contributed by atoms with Crippen LogP contribution < -0.4 is 5.73 Å². The first kappa shape index (κ1) is 16.1. The summed E-state index contributed by atoms with van der Waals surface area (Å²) < 4.78 is 1.47. The normalized spacial score (nSPS) is 13.9. The van der Waals surface area contributed by atoms with E-state index in [9.17, 15) is 9.90 Å². The topological polar surface area (TPSA) is 123 Å². The van der Waals surface area contributed by atoms with Crippen molar-refractivity contribution in [1.29, 1.82) is 0 Å². The summed E-state index contributed by atoms with van der Waals surface area (Å²) in [5.74, 6) is -0.616. The molecule has 1 aromatic carbocycles. The number of aromatic amines is 1.